The minimum atomic E-state index is 0.863. The molecule has 1 aliphatic carbocycles. The summed E-state index contributed by atoms with van der Waals surface area (Å²) >= 11 is 0. The van der Waals surface area contributed by atoms with Crippen LogP contribution in [-0.4, -0.2) is 50.8 Å². The summed E-state index contributed by atoms with van der Waals surface area (Å²) in [5, 5.41) is 3.32. The van der Waals surface area contributed by atoms with Gasteiger partial charge in [-0.3, -0.25) is 0 Å². The van der Waals surface area contributed by atoms with Gasteiger partial charge in [0.05, 0.1) is 6.61 Å². The van der Waals surface area contributed by atoms with Crippen molar-refractivity contribution in [3.8, 4) is 0 Å². The van der Waals surface area contributed by atoms with Gasteiger partial charge in [0.25, 0.3) is 0 Å². The summed E-state index contributed by atoms with van der Waals surface area (Å²) in [6, 6.07) is 0.863. The molecular weight excluding hydrogens is 188 g/mol. The van der Waals surface area contributed by atoms with Gasteiger partial charge >= 0.3 is 0 Å². The van der Waals surface area contributed by atoms with E-state index in [2.05, 4.69) is 24.2 Å². The van der Waals surface area contributed by atoms with Crippen LogP contribution in [0.25, 0.3) is 0 Å². The Morgan fingerprint density at radius 3 is 2.73 bits per heavy atom. The maximum atomic E-state index is 5.59. The van der Waals surface area contributed by atoms with Gasteiger partial charge in [-0.1, -0.05) is 6.92 Å². The quantitative estimate of drug-likeness (QED) is 0.558. The average molecular weight is 214 g/mol. The highest BCUT2D eigenvalue weighted by Crippen LogP contribution is 2.24. The third-order valence-corrected chi connectivity index (χ3v) is 2.90. The largest absolute Gasteiger partial charge is 0.380 e. The fraction of sp³-hybridized carbons (Fsp3) is 1.00. The van der Waals surface area contributed by atoms with Crippen LogP contribution < -0.4 is 5.32 Å². The lowest BCUT2D eigenvalue weighted by Crippen LogP contribution is -2.25. The highest BCUT2D eigenvalue weighted by molar-refractivity contribution is 4.81. The first-order chi connectivity index (χ1) is 7.34. The van der Waals surface area contributed by atoms with E-state index in [0.717, 1.165) is 38.9 Å². The fourth-order valence-electron chi connectivity index (χ4n) is 1.64. The summed E-state index contributed by atoms with van der Waals surface area (Å²) in [5.74, 6) is 0. The van der Waals surface area contributed by atoms with Crippen molar-refractivity contribution in [1.29, 1.82) is 0 Å². The molecule has 0 spiro atoms. The highest BCUT2D eigenvalue weighted by atomic mass is 16.5. The van der Waals surface area contributed by atoms with Crippen LogP contribution in [0.5, 0.6) is 0 Å². The lowest BCUT2D eigenvalue weighted by molar-refractivity contribution is 0.107. The van der Waals surface area contributed by atoms with E-state index in [1.807, 2.05) is 0 Å². The number of rotatable bonds is 10. The number of nitrogens with one attached hydrogen (secondary N) is 1. The molecule has 0 aromatic heterocycles. The molecule has 1 aliphatic rings. The van der Waals surface area contributed by atoms with Crippen molar-refractivity contribution in [2.45, 2.75) is 38.6 Å². The Bertz CT molecular complexity index is 149. The molecule has 1 N–H and O–H groups in total. The van der Waals surface area contributed by atoms with Gasteiger partial charge in [0.2, 0.25) is 0 Å². The van der Waals surface area contributed by atoms with Crippen molar-refractivity contribution >= 4 is 0 Å². The molecule has 0 aromatic carbocycles. The van der Waals surface area contributed by atoms with Gasteiger partial charge in [-0.05, 0) is 45.8 Å². The molecule has 90 valence electrons. The van der Waals surface area contributed by atoms with E-state index >= 15 is 0 Å². The van der Waals surface area contributed by atoms with Crippen LogP contribution in [0.15, 0.2) is 0 Å². The van der Waals surface area contributed by atoms with Crippen LogP contribution in [-0.2, 0) is 4.74 Å². The molecule has 1 fully saturated rings. The van der Waals surface area contributed by atoms with Gasteiger partial charge < -0.3 is 15.0 Å². The van der Waals surface area contributed by atoms with Gasteiger partial charge in [0.1, 0.15) is 0 Å². The number of hydrogen-bond donors (Lipinski definition) is 1. The standard InChI is InChI=1S/C12H26N2O/c1-3-13-8-4-5-10-15-11-9-14(2)12-6-7-12/h12-13H,3-11H2,1-2H3. The second-order valence-corrected chi connectivity index (χ2v) is 4.38. The van der Waals surface area contributed by atoms with Crippen molar-refractivity contribution in [3.05, 3.63) is 0 Å². The van der Waals surface area contributed by atoms with Crippen LogP contribution in [0.2, 0.25) is 0 Å². The second-order valence-electron chi connectivity index (χ2n) is 4.38. The smallest absolute Gasteiger partial charge is 0.0593 e. The Balaban J connectivity index is 1.72. The van der Waals surface area contributed by atoms with Crippen molar-refractivity contribution in [2.24, 2.45) is 0 Å². The molecule has 1 rings (SSSR count). The molecule has 3 nitrogen and oxygen atoms in total. The Labute approximate surface area is 94.2 Å². The molecule has 1 saturated carbocycles. The van der Waals surface area contributed by atoms with E-state index in [0.29, 0.717) is 0 Å². The minimum absolute atomic E-state index is 0.863. The summed E-state index contributed by atoms with van der Waals surface area (Å²) in [5.41, 5.74) is 0. The van der Waals surface area contributed by atoms with E-state index in [-0.39, 0.29) is 0 Å². The van der Waals surface area contributed by atoms with E-state index < -0.39 is 0 Å². The zero-order chi connectivity index (χ0) is 10.9. The van der Waals surface area contributed by atoms with Gasteiger partial charge in [-0.25, -0.2) is 0 Å². The maximum Gasteiger partial charge on any atom is 0.0593 e. The first-order valence-corrected chi connectivity index (χ1v) is 6.33. The molecular formula is C12H26N2O. The summed E-state index contributed by atoms with van der Waals surface area (Å²) in [6.45, 7) is 7.26. The Kier molecular flexibility index (Phi) is 6.98. The summed E-state index contributed by atoms with van der Waals surface area (Å²) in [6.07, 6.45) is 5.19. The van der Waals surface area contributed by atoms with Crippen molar-refractivity contribution in [1.82, 2.24) is 10.2 Å². The molecule has 0 unspecified atom stereocenters. The molecule has 0 aromatic rings. The lowest BCUT2D eigenvalue weighted by atomic mass is 10.3. The third-order valence-electron chi connectivity index (χ3n) is 2.90. The normalized spacial score (nSPS) is 16.2. The molecule has 0 heterocycles. The molecule has 0 saturated heterocycles. The molecule has 0 amide bonds. The predicted molar refractivity (Wildman–Crippen MR) is 64.2 cm³/mol. The summed E-state index contributed by atoms with van der Waals surface area (Å²) < 4.78 is 5.59. The average Bonchev–Trinajstić information content (AvgIpc) is 3.05. The lowest BCUT2D eigenvalue weighted by Gasteiger charge is -2.15. The number of ether oxygens (including phenoxy) is 1. The predicted octanol–water partition coefficient (Wildman–Crippen LogP) is 1.49. The zero-order valence-corrected chi connectivity index (χ0v) is 10.3. The summed E-state index contributed by atoms with van der Waals surface area (Å²) in [7, 11) is 2.20. The van der Waals surface area contributed by atoms with Crippen molar-refractivity contribution in [3.63, 3.8) is 0 Å². The fourth-order valence-corrected chi connectivity index (χ4v) is 1.64. The monoisotopic (exact) mass is 214 g/mol. The van der Waals surface area contributed by atoms with E-state index in [1.54, 1.807) is 0 Å². The van der Waals surface area contributed by atoms with Crippen LogP contribution in [0, 0.1) is 0 Å². The van der Waals surface area contributed by atoms with Crippen molar-refractivity contribution < 1.29 is 4.74 Å². The SMILES string of the molecule is CCNCCCCOCCN(C)C1CC1. The van der Waals surface area contributed by atoms with Gasteiger partial charge in [0, 0.05) is 19.2 Å². The number of likely N-dealkylation sites (N-methyl/N-ethyl adjacent to an activating group) is 1. The molecule has 0 aliphatic heterocycles. The zero-order valence-electron chi connectivity index (χ0n) is 10.3. The topological polar surface area (TPSA) is 24.5 Å². The summed E-state index contributed by atoms with van der Waals surface area (Å²) in [4.78, 5) is 2.42. The Morgan fingerprint density at radius 1 is 1.27 bits per heavy atom. The second kappa shape index (κ2) is 8.08. The van der Waals surface area contributed by atoms with Crippen LogP contribution in [0.3, 0.4) is 0 Å². The van der Waals surface area contributed by atoms with E-state index in [4.69, 9.17) is 4.74 Å². The number of hydrogen-bond acceptors (Lipinski definition) is 3. The molecule has 0 radical (unpaired) electrons. The van der Waals surface area contributed by atoms with Crippen LogP contribution in [0.4, 0.5) is 0 Å². The Morgan fingerprint density at radius 2 is 2.07 bits per heavy atom. The van der Waals surface area contributed by atoms with Crippen LogP contribution >= 0.6 is 0 Å². The first kappa shape index (κ1) is 12.9. The third kappa shape index (κ3) is 6.88. The first-order valence-electron chi connectivity index (χ1n) is 6.33. The molecule has 15 heavy (non-hydrogen) atoms. The van der Waals surface area contributed by atoms with Gasteiger partial charge in [-0.2, -0.15) is 0 Å². The van der Waals surface area contributed by atoms with Crippen LogP contribution in [0.1, 0.15) is 32.6 Å². The van der Waals surface area contributed by atoms with E-state index in [9.17, 15) is 0 Å². The molecule has 0 atom stereocenters. The highest BCUT2D eigenvalue weighted by Gasteiger charge is 2.25. The van der Waals surface area contributed by atoms with E-state index in [1.165, 1.54) is 25.7 Å². The van der Waals surface area contributed by atoms with Gasteiger partial charge in [-0.15, -0.1) is 0 Å². The maximum absolute atomic E-state index is 5.59. The van der Waals surface area contributed by atoms with Crippen molar-refractivity contribution in [2.75, 3.05) is 39.9 Å². The number of nitrogens with zero attached hydrogens (tertiary/aromatic N) is 1. The molecule has 3 heteroatoms. The number of unbranched alkanes of at least 4 members (excludes halogenated alkanes) is 1. The molecule has 0 bridgehead atoms. The van der Waals surface area contributed by atoms with Gasteiger partial charge in [0.15, 0.2) is 0 Å². The minimum Gasteiger partial charge on any atom is -0.380 e. The Hall–Kier alpha value is -0.120.